The predicted molar refractivity (Wildman–Crippen MR) is 247 cm³/mol. The number of benzene rings is 10. The maximum absolute atomic E-state index is 2.50. The summed E-state index contributed by atoms with van der Waals surface area (Å²) in [7, 11) is 0. The Morgan fingerprint density at radius 3 is 1.50 bits per heavy atom. The summed E-state index contributed by atoms with van der Waals surface area (Å²) in [6.45, 7) is 0. The van der Waals surface area contributed by atoms with Crippen molar-refractivity contribution >= 4 is 60.4 Å². The van der Waals surface area contributed by atoms with Gasteiger partial charge in [0, 0.05) is 38.8 Å². The zero-order valence-electron chi connectivity index (χ0n) is 31.8. The fourth-order valence-corrected chi connectivity index (χ4v) is 9.00. The molecule has 0 saturated heterocycles. The molecule has 11 rings (SSSR count). The van der Waals surface area contributed by atoms with Gasteiger partial charge in [0.1, 0.15) is 0 Å². The first-order valence-electron chi connectivity index (χ1n) is 19.9. The van der Waals surface area contributed by atoms with Crippen LogP contribution in [0.25, 0.3) is 82.4 Å². The highest BCUT2D eigenvalue weighted by Gasteiger charge is 2.25. The van der Waals surface area contributed by atoms with Gasteiger partial charge in [-0.15, -0.1) is 0 Å². The van der Waals surface area contributed by atoms with Crippen molar-refractivity contribution in [2.24, 2.45) is 0 Å². The standard InChI is InChI=1S/C56H38N2/c1-5-18-39(19-6-1)40-32-34-44(35-33-40)57(56-50-29-16-14-27-48(50)47-26-13-15-28-49(47)54(56)42-22-9-3-10-23-42)45-36-37-52-51(38-45)55-46(41-20-7-2-8-21-41)30-17-31-53(55)58(52)43-24-11-4-12-25-43/h1-38H. The predicted octanol–water partition coefficient (Wildman–Crippen LogP) is 15.6. The van der Waals surface area contributed by atoms with E-state index in [0.29, 0.717) is 0 Å². The zero-order valence-corrected chi connectivity index (χ0v) is 31.8. The average molecular weight is 739 g/mol. The van der Waals surface area contributed by atoms with Crippen molar-refractivity contribution < 1.29 is 0 Å². The van der Waals surface area contributed by atoms with Gasteiger partial charge in [0.05, 0.1) is 16.7 Å². The molecule has 0 radical (unpaired) electrons. The van der Waals surface area contributed by atoms with Crippen molar-refractivity contribution in [1.82, 2.24) is 4.57 Å². The Balaban J connectivity index is 1.26. The van der Waals surface area contributed by atoms with Crippen LogP contribution in [-0.2, 0) is 0 Å². The Morgan fingerprint density at radius 2 is 0.828 bits per heavy atom. The summed E-state index contributed by atoms with van der Waals surface area (Å²) >= 11 is 0. The summed E-state index contributed by atoms with van der Waals surface area (Å²) < 4.78 is 2.42. The van der Waals surface area contributed by atoms with E-state index in [1.807, 2.05) is 0 Å². The molecule has 0 unspecified atom stereocenters. The summed E-state index contributed by atoms with van der Waals surface area (Å²) in [4.78, 5) is 2.50. The van der Waals surface area contributed by atoms with E-state index in [9.17, 15) is 0 Å². The van der Waals surface area contributed by atoms with Gasteiger partial charge in [-0.3, -0.25) is 0 Å². The molecular weight excluding hydrogens is 701 g/mol. The first kappa shape index (κ1) is 33.6. The number of rotatable bonds is 7. The van der Waals surface area contributed by atoms with Crippen LogP contribution in [0.2, 0.25) is 0 Å². The molecule has 0 saturated carbocycles. The molecule has 1 heterocycles. The van der Waals surface area contributed by atoms with Crippen molar-refractivity contribution in [2.45, 2.75) is 0 Å². The van der Waals surface area contributed by atoms with Crippen LogP contribution in [0, 0.1) is 0 Å². The second-order valence-electron chi connectivity index (χ2n) is 14.9. The third-order valence-corrected chi connectivity index (χ3v) is 11.6. The number of hydrogen-bond acceptors (Lipinski definition) is 1. The molecule has 11 aromatic rings. The molecule has 0 spiro atoms. The highest BCUT2D eigenvalue weighted by atomic mass is 15.1. The van der Waals surface area contributed by atoms with Crippen molar-refractivity contribution in [3.8, 4) is 39.1 Å². The minimum absolute atomic E-state index is 1.09. The number of nitrogens with zero attached hydrogens (tertiary/aromatic N) is 2. The molecule has 0 aliphatic heterocycles. The Bertz CT molecular complexity index is 3240. The molecule has 1 aromatic heterocycles. The lowest BCUT2D eigenvalue weighted by molar-refractivity contribution is 1.18. The highest BCUT2D eigenvalue weighted by molar-refractivity contribution is 6.23. The van der Waals surface area contributed by atoms with Gasteiger partial charge in [-0.2, -0.15) is 0 Å². The van der Waals surface area contributed by atoms with Crippen LogP contribution in [0.1, 0.15) is 0 Å². The van der Waals surface area contributed by atoms with Gasteiger partial charge in [0.15, 0.2) is 0 Å². The molecule has 0 N–H and O–H groups in total. The number of anilines is 3. The quantitative estimate of drug-likeness (QED) is 0.148. The summed E-state index contributed by atoms with van der Waals surface area (Å²) in [6, 6.07) is 83.7. The Morgan fingerprint density at radius 1 is 0.310 bits per heavy atom. The van der Waals surface area contributed by atoms with E-state index < -0.39 is 0 Å². The minimum atomic E-state index is 1.09. The van der Waals surface area contributed by atoms with Crippen LogP contribution in [0.3, 0.4) is 0 Å². The van der Waals surface area contributed by atoms with E-state index in [1.54, 1.807) is 0 Å². The summed E-state index contributed by atoms with van der Waals surface area (Å²) in [6.07, 6.45) is 0. The first-order valence-corrected chi connectivity index (χ1v) is 19.9. The molecule has 0 amide bonds. The van der Waals surface area contributed by atoms with Crippen LogP contribution < -0.4 is 4.90 Å². The van der Waals surface area contributed by atoms with Crippen molar-refractivity contribution in [2.75, 3.05) is 4.90 Å². The lowest BCUT2D eigenvalue weighted by Gasteiger charge is -2.31. The first-order chi connectivity index (χ1) is 28.8. The maximum atomic E-state index is 2.50. The smallest absolute Gasteiger partial charge is 0.0624 e. The second-order valence-corrected chi connectivity index (χ2v) is 14.9. The van der Waals surface area contributed by atoms with Gasteiger partial charge in [-0.05, 0) is 92.5 Å². The molecular formula is C56H38N2. The Hall–Kier alpha value is -7.68. The average Bonchev–Trinajstić information content (AvgIpc) is 3.64. The van der Waals surface area contributed by atoms with Gasteiger partial charge in [-0.25, -0.2) is 0 Å². The fourth-order valence-electron chi connectivity index (χ4n) is 9.00. The monoisotopic (exact) mass is 738 g/mol. The van der Waals surface area contributed by atoms with Gasteiger partial charge >= 0.3 is 0 Å². The normalized spacial score (nSPS) is 11.4. The molecule has 0 bridgehead atoms. The molecule has 2 heteroatoms. The van der Waals surface area contributed by atoms with Gasteiger partial charge < -0.3 is 9.47 Å². The maximum Gasteiger partial charge on any atom is 0.0624 e. The molecule has 0 fully saturated rings. The van der Waals surface area contributed by atoms with E-state index >= 15 is 0 Å². The van der Waals surface area contributed by atoms with Crippen LogP contribution in [0.4, 0.5) is 17.1 Å². The number of hydrogen-bond donors (Lipinski definition) is 0. The molecule has 0 aliphatic rings. The van der Waals surface area contributed by atoms with Gasteiger partial charge in [-0.1, -0.05) is 182 Å². The Labute approximate surface area is 338 Å². The van der Waals surface area contributed by atoms with Crippen LogP contribution in [-0.4, -0.2) is 4.57 Å². The lowest BCUT2D eigenvalue weighted by Crippen LogP contribution is -2.12. The highest BCUT2D eigenvalue weighted by Crippen LogP contribution is 2.50. The molecule has 0 atom stereocenters. The number of fused-ring (bicyclic) bond motifs is 6. The van der Waals surface area contributed by atoms with Crippen molar-refractivity contribution in [1.29, 1.82) is 0 Å². The SMILES string of the molecule is c1ccc(-c2ccc(N(c3ccc4c(c3)c3c(-c5ccccc5)cccc3n4-c3ccccc3)c3c(-c4ccccc4)c4ccccc4c4ccccc34)cc2)cc1. The zero-order chi connectivity index (χ0) is 38.4. The summed E-state index contributed by atoms with van der Waals surface area (Å²) in [5.74, 6) is 0. The van der Waals surface area contributed by atoms with E-state index in [0.717, 1.165) is 22.7 Å². The minimum Gasteiger partial charge on any atom is -0.309 e. The van der Waals surface area contributed by atoms with E-state index in [1.165, 1.54) is 76.7 Å². The van der Waals surface area contributed by atoms with E-state index in [4.69, 9.17) is 0 Å². The molecule has 10 aromatic carbocycles. The van der Waals surface area contributed by atoms with Crippen LogP contribution in [0.5, 0.6) is 0 Å². The van der Waals surface area contributed by atoms with Crippen LogP contribution in [0.15, 0.2) is 231 Å². The molecule has 2 nitrogen and oxygen atoms in total. The van der Waals surface area contributed by atoms with Crippen LogP contribution >= 0.6 is 0 Å². The van der Waals surface area contributed by atoms with Crippen molar-refractivity contribution in [3.05, 3.63) is 231 Å². The molecule has 0 aliphatic carbocycles. The number of para-hydroxylation sites is 1. The lowest BCUT2D eigenvalue weighted by atomic mass is 9.90. The third kappa shape index (κ3) is 5.57. The Kier molecular flexibility index (Phi) is 8.19. The summed E-state index contributed by atoms with van der Waals surface area (Å²) in [5, 5.41) is 7.33. The molecule has 58 heavy (non-hydrogen) atoms. The summed E-state index contributed by atoms with van der Waals surface area (Å²) in [5.41, 5.74) is 14.0. The third-order valence-electron chi connectivity index (χ3n) is 11.6. The van der Waals surface area contributed by atoms with Gasteiger partial charge in [0.2, 0.25) is 0 Å². The van der Waals surface area contributed by atoms with E-state index in [-0.39, 0.29) is 0 Å². The van der Waals surface area contributed by atoms with Gasteiger partial charge in [0.25, 0.3) is 0 Å². The fraction of sp³-hybridized carbons (Fsp3) is 0. The van der Waals surface area contributed by atoms with E-state index in [2.05, 4.69) is 240 Å². The topological polar surface area (TPSA) is 8.17 Å². The second kappa shape index (κ2) is 14.1. The largest absolute Gasteiger partial charge is 0.309 e. The van der Waals surface area contributed by atoms with Crippen molar-refractivity contribution in [3.63, 3.8) is 0 Å². The molecule has 272 valence electrons. The number of aromatic nitrogens is 1.